The quantitative estimate of drug-likeness (QED) is 0.652. The van der Waals surface area contributed by atoms with Crippen molar-refractivity contribution in [3.8, 4) is 0 Å². The van der Waals surface area contributed by atoms with Crippen molar-refractivity contribution in [3.63, 3.8) is 0 Å². The molecule has 0 unspecified atom stereocenters. The number of nitrogens with zero attached hydrogens (tertiary/aromatic N) is 1. The molecule has 25 heavy (non-hydrogen) atoms. The van der Waals surface area contributed by atoms with E-state index in [0.29, 0.717) is 5.02 Å². The lowest BCUT2D eigenvalue weighted by Gasteiger charge is -2.14. The smallest absolute Gasteiger partial charge is 0.321 e. The van der Waals surface area contributed by atoms with Crippen LogP contribution in [-0.2, 0) is 4.79 Å². The Morgan fingerprint density at radius 1 is 1.20 bits per heavy atom. The maximum Gasteiger partial charge on any atom is 0.321 e. The first-order valence-corrected chi connectivity index (χ1v) is 9.44. The summed E-state index contributed by atoms with van der Waals surface area (Å²) in [5.41, 5.74) is 1.59. The van der Waals surface area contributed by atoms with Gasteiger partial charge in [-0.2, -0.15) is 0 Å². The molecule has 128 valence electrons. The third-order valence-electron chi connectivity index (χ3n) is 3.35. The van der Waals surface area contributed by atoms with E-state index in [-0.39, 0.29) is 0 Å². The molecule has 0 aliphatic carbocycles. The van der Waals surface area contributed by atoms with E-state index < -0.39 is 17.2 Å². The lowest BCUT2D eigenvalue weighted by molar-refractivity contribution is -0.119. The zero-order valence-electron chi connectivity index (χ0n) is 13.2. The number of carbonyl (C=O) groups excluding carboxylic acids is 2. The van der Waals surface area contributed by atoms with Crippen molar-refractivity contribution >= 4 is 56.9 Å². The molecule has 0 radical (unpaired) electrons. The van der Waals surface area contributed by atoms with E-state index >= 15 is 0 Å². The molecule has 3 amide bonds. The number of imide groups is 1. The minimum Gasteiger partial charge on any atom is -0.341 e. The standard InChI is InChI=1S/C17H14ClN3O2S2/c1-19-16(23)21-15(22)14(10-5-3-2-4-6-10)25-17-20-12-9-11(18)7-8-13(12)24-17/h2-9,14H,1H3,(H2,19,21,22,23)/t14-/m0/s1. The minimum atomic E-state index is -0.588. The number of carbonyl (C=O) groups is 2. The summed E-state index contributed by atoms with van der Waals surface area (Å²) in [5, 5.41) is 4.75. The van der Waals surface area contributed by atoms with E-state index in [1.165, 1.54) is 30.1 Å². The van der Waals surface area contributed by atoms with Crippen LogP contribution in [0.3, 0.4) is 0 Å². The monoisotopic (exact) mass is 391 g/mol. The van der Waals surface area contributed by atoms with Crippen LogP contribution in [0.4, 0.5) is 4.79 Å². The molecule has 1 atom stereocenters. The average Bonchev–Trinajstić information content (AvgIpc) is 3.01. The van der Waals surface area contributed by atoms with Gasteiger partial charge in [0.05, 0.1) is 10.2 Å². The Morgan fingerprint density at radius 2 is 1.96 bits per heavy atom. The first-order valence-electron chi connectivity index (χ1n) is 7.37. The minimum absolute atomic E-state index is 0.396. The van der Waals surface area contributed by atoms with Gasteiger partial charge in [-0.25, -0.2) is 9.78 Å². The van der Waals surface area contributed by atoms with E-state index in [9.17, 15) is 9.59 Å². The maximum absolute atomic E-state index is 12.5. The number of aromatic nitrogens is 1. The number of thiazole rings is 1. The normalized spacial score (nSPS) is 11.9. The Bertz CT molecular complexity index is 915. The summed E-state index contributed by atoms with van der Waals surface area (Å²) >= 11 is 8.79. The zero-order chi connectivity index (χ0) is 17.8. The molecule has 8 heteroatoms. The van der Waals surface area contributed by atoms with Gasteiger partial charge in [0.15, 0.2) is 4.34 Å². The highest BCUT2D eigenvalue weighted by Crippen LogP contribution is 2.39. The third kappa shape index (κ3) is 4.31. The Labute approximate surface area is 157 Å². The van der Waals surface area contributed by atoms with E-state index in [2.05, 4.69) is 15.6 Å². The van der Waals surface area contributed by atoms with Crippen molar-refractivity contribution in [3.05, 3.63) is 59.1 Å². The van der Waals surface area contributed by atoms with Crippen LogP contribution in [-0.4, -0.2) is 24.0 Å². The number of thioether (sulfide) groups is 1. The molecule has 2 aromatic carbocycles. The van der Waals surface area contributed by atoms with Crippen LogP contribution >= 0.6 is 34.7 Å². The van der Waals surface area contributed by atoms with E-state index in [1.54, 1.807) is 6.07 Å². The molecule has 1 heterocycles. The van der Waals surface area contributed by atoms with Crippen LogP contribution in [0.1, 0.15) is 10.8 Å². The molecule has 0 aliphatic rings. The van der Waals surface area contributed by atoms with E-state index in [4.69, 9.17) is 11.6 Å². The topological polar surface area (TPSA) is 71.1 Å². The molecule has 0 aliphatic heterocycles. The molecule has 0 saturated carbocycles. The van der Waals surface area contributed by atoms with Crippen LogP contribution in [0, 0.1) is 0 Å². The predicted octanol–water partition coefficient (Wildman–Crippen LogP) is 4.24. The molecular formula is C17H14ClN3O2S2. The third-order valence-corrected chi connectivity index (χ3v) is 5.97. The summed E-state index contributed by atoms with van der Waals surface area (Å²) in [6.07, 6.45) is 0. The Morgan fingerprint density at radius 3 is 2.68 bits per heavy atom. The van der Waals surface area contributed by atoms with Gasteiger partial charge in [0.25, 0.3) is 0 Å². The molecular weight excluding hydrogens is 378 g/mol. The molecule has 1 aromatic heterocycles. The highest BCUT2D eigenvalue weighted by Gasteiger charge is 2.25. The van der Waals surface area contributed by atoms with Crippen molar-refractivity contribution < 1.29 is 9.59 Å². The van der Waals surface area contributed by atoms with Gasteiger partial charge < -0.3 is 5.32 Å². The van der Waals surface area contributed by atoms with Crippen LogP contribution in [0.5, 0.6) is 0 Å². The number of amides is 3. The Hall–Kier alpha value is -2.09. The highest BCUT2D eigenvalue weighted by molar-refractivity contribution is 8.02. The van der Waals surface area contributed by atoms with Crippen molar-refractivity contribution in [2.45, 2.75) is 9.59 Å². The number of urea groups is 1. The van der Waals surface area contributed by atoms with Crippen LogP contribution < -0.4 is 10.6 Å². The van der Waals surface area contributed by atoms with Gasteiger partial charge in [0.2, 0.25) is 5.91 Å². The molecule has 3 rings (SSSR count). The predicted molar refractivity (Wildman–Crippen MR) is 102 cm³/mol. The highest BCUT2D eigenvalue weighted by atomic mass is 35.5. The number of rotatable bonds is 4. The summed E-state index contributed by atoms with van der Waals surface area (Å²) in [6, 6.07) is 14.3. The molecule has 2 N–H and O–H groups in total. The van der Waals surface area contributed by atoms with Crippen molar-refractivity contribution in [1.29, 1.82) is 0 Å². The summed E-state index contributed by atoms with van der Waals surface area (Å²) in [5.74, 6) is -0.396. The van der Waals surface area contributed by atoms with Gasteiger partial charge in [-0.1, -0.05) is 53.7 Å². The van der Waals surface area contributed by atoms with Gasteiger partial charge in [-0.15, -0.1) is 11.3 Å². The van der Waals surface area contributed by atoms with Gasteiger partial charge >= 0.3 is 6.03 Å². The molecule has 0 spiro atoms. The molecule has 0 fully saturated rings. The molecule has 0 bridgehead atoms. The number of fused-ring (bicyclic) bond motifs is 1. The van der Waals surface area contributed by atoms with E-state index in [1.807, 2.05) is 42.5 Å². The summed E-state index contributed by atoms with van der Waals surface area (Å²) in [6.45, 7) is 0. The van der Waals surface area contributed by atoms with Crippen molar-refractivity contribution in [2.75, 3.05) is 7.05 Å². The van der Waals surface area contributed by atoms with Gasteiger partial charge in [0.1, 0.15) is 5.25 Å². The summed E-state index contributed by atoms with van der Waals surface area (Å²) in [4.78, 5) is 28.6. The Kier molecular flexibility index (Phi) is 5.57. The average molecular weight is 392 g/mol. The first-order chi connectivity index (χ1) is 12.1. The van der Waals surface area contributed by atoms with Crippen molar-refractivity contribution in [1.82, 2.24) is 15.6 Å². The van der Waals surface area contributed by atoms with Gasteiger partial charge in [-0.05, 0) is 23.8 Å². The first kappa shape index (κ1) is 17.7. The second-order valence-corrected chi connectivity index (χ2v) is 7.89. The fourth-order valence-electron chi connectivity index (χ4n) is 2.17. The number of hydrogen-bond donors (Lipinski definition) is 2. The van der Waals surface area contributed by atoms with Gasteiger partial charge in [-0.3, -0.25) is 10.1 Å². The fraction of sp³-hybridized carbons (Fsp3) is 0.118. The van der Waals surface area contributed by atoms with Crippen molar-refractivity contribution in [2.24, 2.45) is 0 Å². The van der Waals surface area contributed by atoms with Crippen LogP contribution in [0.15, 0.2) is 52.9 Å². The largest absolute Gasteiger partial charge is 0.341 e. The zero-order valence-corrected chi connectivity index (χ0v) is 15.5. The number of benzene rings is 2. The van der Waals surface area contributed by atoms with Crippen LogP contribution in [0.2, 0.25) is 5.02 Å². The second kappa shape index (κ2) is 7.86. The fourth-order valence-corrected chi connectivity index (χ4v) is 4.58. The molecule has 5 nitrogen and oxygen atoms in total. The molecule has 0 saturated heterocycles. The summed E-state index contributed by atoms with van der Waals surface area (Å²) in [7, 11) is 1.46. The summed E-state index contributed by atoms with van der Waals surface area (Å²) < 4.78 is 1.73. The molecule has 3 aromatic rings. The SMILES string of the molecule is CNC(=O)NC(=O)[C@@H](Sc1nc2cc(Cl)ccc2s1)c1ccccc1. The van der Waals surface area contributed by atoms with Gasteiger partial charge in [0, 0.05) is 12.1 Å². The lowest BCUT2D eigenvalue weighted by Crippen LogP contribution is -2.39. The Balaban J connectivity index is 1.90. The maximum atomic E-state index is 12.5. The lowest BCUT2D eigenvalue weighted by atomic mass is 10.1. The number of hydrogen-bond acceptors (Lipinski definition) is 5. The number of halogens is 1. The van der Waals surface area contributed by atoms with Crippen LogP contribution in [0.25, 0.3) is 10.2 Å². The second-order valence-electron chi connectivity index (χ2n) is 5.07. The van der Waals surface area contributed by atoms with E-state index in [0.717, 1.165) is 20.1 Å². The number of nitrogens with one attached hydrogen (secondary N) is 2.